The number of hydrogen-bond acceptors (Lipinski definition) is 4. The Morgan fingerprint density at radius 2 is 1.54 bits per heavy atom. The Labute approximate surface area is 221 Å². The van der Waals surface area contributed by atoms with Crippen LogP contribution in [0, 0.1) is 0 Å². The first-order chi connectivity index (χ1) is 18.1. The zero-order chi connectivity index (χ0) is 25.8. The van der Waals surface area contributed by atoms with E-state index in [9.17, 15) is 4.79 Å². The third kappa shape index (κ3) is 5.37. The normalized spacial score (nSPS) is 19.2. The van der Waals surface area contributed by atoms with Gasteiger partial charge in [-0.15, -0.1) is 0 Å². The highest BCUT2D eigenvalue weighted by molar-refractivity contribution is 5.94. The molecule has 2 heterocycles. The van der Waals surface area contributed by atoms with Crippen molar-refractivity contribution in [1.82, 2.24) is 9.80 Å². The minimum absolute atomic E-state index is 0.101. The van der Waals surface area contributed by atoms with Crippen LogP contribution in [0.25, 0.3) is 0 Å². The lowest BCUT2D eigenvalue weighted by Crippen LogP contribution is -2.53. The van der Waals surface area contributed by atoms with E-state index in [1.807, 2.05) is 30.9 Å². The highest BCUT2D eigenvalue weighted by atomic mass is 16.5. The number of piperazine rings is 1. The maximum Gasteiger partial charge on any atom is 0.253 e. The zero-order valence-electron chi connectivity index (χ0n) is 22.4. The van der Waals surface area contributed by atoms with Crippen molar-refractivity contribution in [1.29, 1.82) is 0 Å². The van der Waals surface area contributed by atoms with E-state index >= 15 is 0 Å². The van der Waals surface area contributed by atoms with Gasteiger partial charge in [0.2, 0.25) is 0 Å². The van der Waals surface area contributed by atoms with E-state index in [4.69, 9.17) is 4.74 Å². The average molecular weight is 498 g/mol. The summed E-state index contributed by atoms with van der Waals surface area (Å²) >= 11 is 0. The molecule has 1 amide bonds. The van der Waals surface area contributed by atoms with Crippen LogP contribution in [0.4, 0.5) is 5.69 Å². The lowest BCUT2D eigenvalue weighted by atomic mass is 9.99. The van der Waals surface area contributed by atoms with Crippen LogP contribution in [0.15, 0.2) is 72.8 Å². The van der Waals surface area contributed by atoms with Crippen LogP contribution in [-0.2, 0) is 13.0 Å². The molecule has 5 nitrogen and oxygen atoms in total. The van der Waals surface area contributed by atoms with Crippen LogP contribution in [-0.4, -0.2) is 61.1 Å². The molecular formula is C32H39N3O2. The lowest BCUT2D eigenvalue weighted by Gasteiger charge is -2.43. The minimum Gasteiger partial charge on any atom is -0.495 e. The number of rotatable bonds is 9. The lowest BCUT2D eigenvalue weighted by molar-refractivity contribution is 0.0773. The zero-order valence-corrected chi connectivity index (χ0v) is 22.4. The number of carbonyl (C=O) groups is 1. The number of methoxy groups -OCH3 is 1. The molecule has 2 fully saturated rings. The van der Waals surface area contributed by atoms with Crippen LogP contribution in [0.3, 0.4) is 0 Å². The fourth-order valence-corrected chi connectivity index (χ4v) is 6.17. The third-order valence-electron chi connectivity index (χ3n) is 8.01. The van der Waals surface area contributed by atoms with Gasteiger partial charge in [0.1, 0.15) is 5.75 Å². The third-order valence-corrected chi connectivity index (χ3v) is 8.01. The Morgan fingerprint density at radius 3 is 2.16 bits per heavy atom. The standard InChI is InChI=1S/C32H39N3O2/c1-4-34(5-2)32(36)26-16-14-24(15-17-26)20-27-12-9-13-30(37-3)31(27)35-28-18-19-29(35)23-33(22-28)21-25-10-7-6-8-11-25/h6-17,28-29H,4-5,18-23H2,1-3H3. The van der Waals surface area contributed by atoms with Crippen LogP contribution >= 0.6 is 0 Å². The topological polar surface area (TPSA) is 36.0 Å². The van der Waals surface area contributed by atoms with Gasteiger partial charge in [-0.25, -0.2) is 0 Å². The molecule has 3 aromatic rings. The highest BCUT2D eigenvalue weighted by Crippen LogP contribution is 2.42. The first-order valence-electron chi connectivity index (χ1n) is 13.7. The van der Waals surface area contributed by atoms with Crippen molar-refractivity contribution in [3.05, 3.63) is 95.1 Å². The molecule has 2 unspecified atom stereocenters. The number of benzene rings is 3. The van der Waals surface area contributed by atoms with E-state index in [2.05, 4.69) is 70.5 Å². The molecule has 3 aromatic carbocycles. The van der Waals surface area contributed by atoms with Gasteiger partial charge in [0, 0.05) is 50.4 Å². The first-order valence-corrected chi connectivity index (χ1v) is 13.7. The summed E-state index contributed by atoms with van der Waals surface area (Å²) in [4.78, 5) is 19.9. The number of para-hydroxylation sites is 1. The largest absolute Gasteiger partial charge is 0.495 e. The predicted octanol–water partition coefficient (Wildman–Crippen LogP) is 5.62. The second-order valence-electron chi connectivity index (χ2n) is 10.3. The van der Waals surface area contributed by atoms with E-state index < -0.39 is 0 Å². The molecule has 0 aliphatic carbocycles. The smallest absolute Gasteiger partial charge is 0.253 e. The highest BCUT2D eigenvalue weighted by Gasteiger charge is 2.41. The summed E-state index contributed by atoms with van der Waals surface area (Å²) in [5.74, 6) is 1.06. The minimum atomic E-state index is 0.101. The molecule has 0 saturated carbocycles. The molecule has 0 radical (unpaired) electrons. The van der Waals surface area contributed by atoms with Gasteiger partial charge in [-0.3, -0.25) is 9.69 Å². The number of carbonyl (C=O) groups excluding carboxylic acids is 1. The van der Waals surface area contributed by atoms with Crippen molar-refractivity contribution >= 4 is 11.6 Å². The molecule has 0 aromatic heterocycles. The van der Waals surface area contributed by atoms with Crippen molar-refractivity contribution in [2.75, 3.05) is 38.2 Å². The van der Waals surface area contributed by atoms with Gasteiger partial charge in [-0.05, 0) is 68.0 Å². The van der Waals surface area contributed by atoms with Gasteiger partial charge in [-0.1, -0.05) is 54.6 Å². The van der Waals surface area contributed by atoms with E-state index in [-0.39, 0.29) is 5.91 Å². The summed E-state index contributed by atoms with van der Waals surface area (Å²) in [5, 5.41) is 0. The predicted molar refractivity (Wildman–Crippen MR) is 151 cm³/mol. The molecule has 5 heteroatoms. The quantitative estimate of drug-likeness (QED) is 0.384. The van der Waals surface area contributed by atoms with Crippen LogP contribution in [0.1, 0.15) is 53.7 Å². The van der Waals surface area contributed by atoms with Gasteiger partial charge < -0.3 is 14.5 Å². The maximum atomic E-state index is 12.7. The molecule has 5 rings (SSSR count). The molecular weight excluding hydrogens is 458 g/mol. The molecule has 2 aliphatic heterocycles. The molecule has 0 spiro atoms. The number of nitrogens with zero attached hydrogens (tertiary/aromatic N) is 3. The van der Waals surface area contributed by atoms with E-state index in [1.165, 1.54) is 35.2 Å². The second kappa shape index (κ2) is 11.4. The first kappa shape index (κ1) is 25.3. The van der Waals surface area contributed by atoms with Gasteiger partial charge in [0.25, 0.3) is 5.91 Å². The molecule has 37 heavy (non-hydrogen) atoms. The van der Waals surface area contributed by atoms with E-state index in [0.29, 0.717) is 12.1 Å². The molecule has 2 atom stereocenters. The van der Waals surface area contributed by atoms with Crippen molar-refractivity contribution in [3.63, 3.8) is 0 Å². The fourth-order valence-electron chi connectivity index (χ4n) is 6.17. The maximum absolute atomic E-state index is 12.7. The number of anilines is 1. The van der Waals surface area contributed by atoms with Crippen molar-refractivity contribution in [2.24, 2.45) is 0 Å². The van der Waals surface area contributed by atoms with Gasteiger partial charge in [0.05, 0.1) is 12.8 Å². The Morgan fingerprint density at radius 1 is 0.865 bits per heavy atom. The average Bonchev–Trinajstić information content (AvgIpc) is 3.19. The summed E-state index contributed by atoms with van der Waals surface area (Å²) in [6.07, 6.45) is 3.25. The Balaban J connectivity index is 1.36. The van der Waals surface area contributed by atoms with Crippen molar-refractivity contribution in [3.8, 4) is 5.75 Å². The number of amides is 1. The summed E-state index contributed by atoms with van der Waals surface area (Å²) < 4.78 is 5.92. The van der Waals surface area contributed by atoms with E-state index in [1.54, 1.807) is 7.11 Å². The van der Waals surface area contributed by atoms with Crippen LogP contribution < -0.4 is 9.64 Å². The second-order valence-corrected chi connectivity index (χ2v) is 10.3. The van der Waals surface area contributed by atoms with Gasteiger partial charge in [-0.2, -0.15) is 0 Å². The molecule has 194 valence electrons. The molecule has 2 aliphatic rings. The van der Waals surface area contributed by atoms with Crippen LogP contribution in [0.5, 0.6) is 5.75 Å². The molecule has 2 bridgehead atoms. The summed E-state index contributed by atoms with van der Waals surface area (Å²) in [5.41, 5.74) is 5.89. The van der Waals surface area contributed by atoms with Crippen molar-refractivity contribution in [2.45, 2.75) is 51.7 Å². The monoisotopic (exact) mass is 497 g/mol. The molecule has 2 saturated heterocycles. The summed E-state index contributed by atoms with van der Waals surface area (Å²) in [6, 6.07) is 26.4. The van der Waals surface area contributed by atoms with Gasteiger partial charge in [0.15, 0.2) is 0 Å². The number of likely N-dealkylation sites (tertiary alicyclic amines) is 1. The SMILES string of the molecule is CCN(CC)C(=O)c1ccc(Cc2cccc(OC)c2N2C3CCC2CN(Cc2ccccc2)C3)cc1. The van der Waals surface area contributed by atoms with E-state index in [0.717, 1.165) is 50.5 Å². The summed E-state index contributed by atoms with van der Waals surface area (Å²) in [7, 11) is 1.78. The Hall–Kier alpha value is -3.31. The Bertz CT molecular complexity index is 1180. The number of ether oxygens (including phenoxy) is 1. The van der Waals surface area contributed by atoms with Crippen molar-refractivity contribution < 1.29 is 9.53 Å². The van der Waals surface area contributed by atoms with Gasteiger partial charge >= 0.3 is 0 Å². The number of hydrogen-bond donors (Lipinski definition) is 0. The summed E-state index contributed by atoms with van der Waals surface area (Å²) in [6.45, 7) is 8.66. The molecule has 0 N–H and O–H groups in total. The van der Waals surface area contributed by atoms with Crippen LogP contribution in [0.2, 0.25) is 0 Å². The fraction of sp³-hybridized carbons (Fsp3) is 0.406. The number of fused-ring (bicyclic) bond motifs is 2. The Kier molecular flexibility index (Phi) is 7.80.